The molecule has 0 N–H and O–H groups in total. The Kier molecular flexibility index (Phi) is 4.47. The number of benzene rings is 2. The maximum absolute atomic E-state index is 13.3. The molecule has 0 spiro atoms. The van der Waals surface area contributed by atoms with Crippen molar-refractivity contribution in [1.82, 2.24) is 0 Å². The highest BCUT2D eigenvalue weighted by molar-refractivity contribution is 6.34. The van der Waals surface area contributed by atoms with Crippen LogP contribution in [0.3, 0.4) is 0 Å². The van der Waals surface area contributed by atoms with Crippen molar-refractivity contribution in [2.75, 3.05) is 16.3 Å². The molecule has 5 heteroatoms. The quantitative estimate of drug-likeness (QED) is 0.777. The molecule has 0 saturated carbocycles. The second-order valence-corrected chi connectivity index (χ2v) is 8.11. The molecule has 0 aromatic heterocycles. The van der Waals surface area contributed by atoms with E-state index in [-0.39, 0.29) is 30.2 Å². The lowest BCUT2D eigenvalue weighted by Gasteiger charge is -2.26. The van der Waals surface area contributed by atoms with Gasteiger partial charge in [0.15, 0.2) is 0 Å². The minimum Gasteiger partial charge on any atom is -0.310 e. The molecule has 4 rings (SSSR count). The van der Waals surface area contributed by atoms with Gasteiger partial charge in [0.1, 0.15) is 0 Å². The van der Waals surface area contributed by atoms with Gasteiger partial charge < -0.3 is 9.80 Å². The van der Waals surface area contributed by atoms with Crippen molar-refractivity contribution >= 4 is 34.8 Å². The van der Waals surface area contributed by atoms with Crippen LogP contribution < -0.4 is 9.80 Å². The lowest BCUT2D eigenvalue weighted by Crippen LogP contribution is -2.41. The van der Waals surface area contributed by atoms with Gasteiger partial charge >= 0.3 is 0 Å². The van der Waals surface area contributed by atoms with Crippen molar-refractivity contribution in [3.05, 3.63) is 58.1 Å². The number of aryl methyl sites for hydroxylation is 2. The predicted molar refractivity (Wildman–Crippen MR) is 108 cm³/mol. The molecule has 1 fully saturated rings. The average Bonchev–Trinajstić information content (AvgIpc) is 3.13. The van der Waals surface area contributed by atoms with E-state index in [2.05, 4.69) is 13.0 Å². The highest BCUT2D eigenvalue weighted by Crippen LogP contribution is 2.38. The standard InChI is InChI=1S/C22H23ClN2O2/c1-13-8-14(2)21(18(23)9-13)24-12-17(11-20(24)26)22(27)25-15(3)10-16-6-4-5-7-19(16)25/h4-9,15,17H,10-12H2,1-3H3. The summed E-state index contributed by atoms with van der Waals surface area (Å²) in [6.07, 6.45) is 1.09. The fourth-order valence-corrected chi connectivity index (χ4v) is 4.86. The number of amides is 2. The van der Waals surface area contributed by atoms with Crippen LogP contribution in [0.15, 0.2) is 36.4 Å². The van der Waals surface area contributed by atoms with Gasteiger partial charge in [-0.05, 0) is 56.0 Å². The molecule has 2 aliphatic heterocycles. The number of rotatable bonds is 2. The second kappa shape index (κ2) is 6.68. The molecule has 0 bridgehead atoms. The first-order chi connectivity index (χ1) is 12.9. The van der Waals surface area contributed by atoms with Crippen molar-refractivity contribution in [2.24, 2.45) is 5.92 Å². The van der Waals surface area contributed by atoms with Crippen LogP contribution in [0.4, 0.5) is 11.4 Å². The van der Waals surface area contributed by atoms with E-state index in [9.17, 15) is 9.59 Å². The molecule has 2 amide bonds. The highest BCUT2D eigenvalue weighted by atomic mass is 35.5. The lowest BCUT2D eigenvalue weighted by molar-refractivity contribution is -0.124. The Bertz CT molecular complexity index is 917. The number of halogens is 1. The van der Waals surface area contributed by atoms with Gasteiger partial charge in [0.25, 0.3) is 0 Å². The molecule has 2 atom stereocenters. The Morgan fingerprint density at radius 3 is 2.63 bits per heavy atom. The van der Waals surface area contributed by atoms with Gasteiger partial charge in [-0.1, -0.05) is 35.9 Å². The summed E-state index contributed by atoms with van der Waals surface area (Å²) in [6, 6.07) is 12.0. The third-order valence-electron chi connectivity index (χ3n) is 5.59. The first-order valence-corrected chi connectivity index (χ1v) is 9.72. The Labute approximate surface area is 164 Å². The molecule has 27 heavy (non-hydrogen) atoms. The maximum Gasteiger partial charge on any atom is 0.232 e. The first kappa shape index (κ1) is 18.1. The van der Waals surface area contributed by atoms with Crippen LogP contribution in [-0.4, -0.2) is 24.4 Å². The van der Waals surface area contributed by atoms with Gasteiger partial charge in [-0.2, -0.15) is 0 Å². The molecule has 2 aromatic carbocycles. The SMILES string of the molecule is Cc1cc(C)c(N2CC(C(=O)N3c4ccccc4CC3C)CC2=O)c(Cl)c1. The molecule has 2 heterocycles. The predicted octanol–water partition coefficient (Wildman–Crippen LogP) is 4.29. The van der Waals surface area contributed by atoms with Crippen LogP contribution in [0.2, 0.25) is 5.02 Å². The maximum atomic E-state index is 13.3. The van der Waals surface area contributed by atoms with Crippen molar-refractivity contribution in [3.63, 3.8) is 0 Å². The van der Waals surface area contributed by atoms with Crippen molar-refractivity contribution in [3.8, 4) is 0 Å². The van der Waals surface area contributed by atoms with E-state index >= 15 is 0 Å². The number of anilines is 2. The average molecular weight is 383 g/mol. The summed E-state index contributed by atoms with van der Waals surface area (Å²) < 4.78 is 0. The molecule has 0 aliphatic carbocycles. The summed E-state index contributed by atoms with van der Waals surface area (Å²) in [7, 11) is 0. The summed E-state index contributed by atoms with van der Waals surface area (Å²) in [5.74, 6) is -0.352. The fraction of sp³-hybridized carbons (Fsp3) is 0.364. The van der Waals surface area contributed by atoms with E-state index < -0.39 is 0 Å². The van der Waals surface area contributed by atoms with Crippen LogP contribution in [0.5, 0.6) is 0 Å². The number of nitrogens with zero attached hydrogens (tertiary/aromatic N) is 2. The number of hydrogen-bond donors (Lipinski definition) is 0. The molecule has 1 saturated heterocycles. The van der Waals surface area contributed by atoms with Gasteiger partial charge in [0.05, 0.1) is 16.6 Å². The van der Waals surface area contributed by atoms with Gasteiger partial charge in [-0.3, -0.25) is 9.59 Å². The van der Waals surface area contributed by atoms with Crippen molar-refractivity contribution in [2.45, 2.75) is 39.7 Å². The second-order valence-electron chi connectivity index (χ2n) is 7.71. The zero-order chi connectivity index (χ0) is 19.3. The summed E-state index contributed by atoms with van der Waals surface area (Å²) in [5, 5.41) is 0.564. The van der Waals surface area contributed by atoms with E-state index in [4.69, 9.17) is 11.6 Å². The highest BCUT2D eigenvalue weighted by Gasteiger charge is 2.41. The Hall–Kier alpha value is -2.33. The summed E-state index contributed by atoms with van der Waals surface area (Å²) in [6.45, 7) is 6.38. The lowest BCUT2D eigenvalue weighted by atomic mass is 10.1. The van der Waals surface area contributed by atoms with E-state index in [1.165, 1.54) is 5.56 Å². The van der Waals surface area contributed by atoms with E-state index in [0.717, 1.165) is 28.9 Å². The van der Waals surface area contributed by atoms with Crippen LogP contribution in [0.25, 0.3) is 0 Å². The van der Waals surface area contributed by atoms with Crippen molar-refractivity contribution in [1.29, 1.82) is 0 Å². The number of carbonyl (C=O) groups is 2. The third kappa shape index (κ3) is 3.02. The Morgan fingerprint density at radius 2 is 1.89 bits per heavy atom. The van der Waals surface area contributed by atoms with Gasteiger partial charge in [0.2, 0.25) is 11.8 Å². The molecule has 4 nitrogen and oxygen atoms in total. The molecule has 0 radical (unpaired) electrons. The number of hydrogen-bond acceptors (Lipinski definition) is 2. The summed E-state index contributed by atoms with van der Waals surface area (Å²) >= 11 is 6.44. The summed E-state index contributed by atoms with van der Waals surface area (Å²) in [5.41, 5.74) is 4.92. The molecule has 2 aliphatic rings. The van der Waals surface area contributed by atoms with E-state index in [1.807, 2.05) is 49.1 Å². The van der Waals surface area contributed by atoms with Crippen molar-refractivity contribution < 1.29 is 9.59 Å². The largest absolute Gasteiger partial charge is 0.310 e. The minimum absolute atomic E-state index is 0.0317. The zero-order valence-corrected chi connectivity index (χ0v) is 16.6. The Balaban J connectivity index is 1.61. The van der Waals surface area contributed by atoms with Crippen LogP contribution in [-0.2, 0) is 16.0 Å². The smallest absolute Gasteiger partial charge is 0.232 e. The van der Waals surface area contributed by atoms with E-state index in [0.29, 0.717) is 11.6 Å². The topological polar surface area (TPSA) is 40.6 Å². The molecular weight excluding hydrogens is 360 g/mol. The molecule has 140 valence electrons. The first-order valence-electron chi connectivity index (χ1n) is 9.35. The normalized spacial score (nSPS) is 21.7. The van der Waals surface area contributed by atoms with Crippen LogP contribution in [0.1, 0.15) is 30.0 Å². The number of carbonyl (C=O) groups excluding carboxylic acids is 2. The zero-order valence-electron chi connectivity index (χ0n) is 15.8. The molecular formula is C22H23ClN2O2. The fourth-order valence-electron chi connectivity index (χ4n) is 4.44. The third-order valence-corrected chi connectivity index (χ3v) is 5.88. The van der Waals surface area contributed by atoms with Crippen LogP contribution in [0, 0.1) is 19.8 Å². The molecule has 2 unspecified atom stereocenters. The summed E-state index contributed by atoms with van der Waals surface area (Å²) in [4.78, 5) is 29.6. The number of para-hydroxylation sites is 1. The Morgan fingerprint density at radius 1 is 1.15 bits per heavy atom. The van der Waals surface area contributed by atoms with Crippen LogP contribution >= 0.6 is 11.6 Å². The monoisotopic (exact) mass is 382 g/mol. The van der Waals surface area contributed by atoms with E-state index in [1.54, 1.807) is 4.90 Å². The van der Waals surface area contributed by atoms with Gasteiger partial charge in [-0.25, -0.2) is 0 Å². The molecule has 2 aromatic rings. The minimum atomic E-state index is -0.345. The number of fused-ring (bicyclic) bond motifs is 1. The van der Waals surface area contributed by atoms with Gasteiger partial charge in [0, 0.05) is 24.7 Å². The van der Waals surface area contributed by atoms with Gasteiger partial charge in [-0.15, -0.1) is 0 Å².